The van der Waals surface area contributed by atoms with Crippen LogP contribution in [0.15, 0.2) is 6.20 Å². The van der Waals surface area contributed by atoms with Crippen molar-refractivity contribution >= 4 is 28.1 Å². The van der Waals surface area contributed by atoms with Gasteiger partial charge in [0.15, 0.2) is 4.96 Å². The lowest BCUT2D eigenvalue weighted by Gasteiger charge is -2.13. The highest BCUT2D eigenvalue weighted by atomic mass is 32.2. The zero-order valence-corrected chi connectivity index (χ0v) is 13.1. The maximum Gasteiger partial charge on any atom is 0.194 e. The quantitative estimate of drug-likeness (QED) is 0.882. The molecule has 0 saturated carbocycles. The number of hydrogen-bond donors (Lipinski definition) is 1. The van der Waals surface area contributed by atoms with Crippen molar-refractivity contribution in [2.45, 2.75) is 39.8 Å². The fourth-order valence-corrected chi connectivity index (χ4v) is 3.47. The molecule has 2 aromatic rings. The van der Waals surface area contributed by atoms with Gasteiger partial charge in [0.1, 0.15) is 0 Å². The van der Waals surface area contributed by atoms with Crippen LogP contribution in [0.5, 0.6) is 0 Å². The summed E-state index contributed by atoms with van der Waals surface area (Å²) >= 11 is 3.66. The number of rotatable bonds is 6. The number of nitrogens with zero attached hydrogens (tertiary/aromatic N) is 2. The van der Waals surface area contributed by atoms with E-state index in [4.69, 9.17) is 0 Å². The summed E-state index contributed by atoms with van der Waals surface area (Å²) in [5.74, 6) is 1.21. The molecule has 0 radical (unpaired) electrons. The zero-order valence-electron chi connectivity index (χ0n) is 11.5. The molecular weight excluding hydrogens is 262 g/mol. The Morgan fingerprint density at radius 1 is 1.50 bits per heavy atom. The zero-order chi connectivity index (χ0) is 13.1. The summed E-state index contributed by atoms with van der Waals surface area (Å²) < 4.78 is 2.23. The maximum absolute atomic E-state index is 4.61. The Kier molecular flexibility index (Phi) is 4.70. The van der Waals surface area contributed by atoms with Crippen molar-refractivity contribution in [3.8, 4) is 0 Å². The maximum atomic E-state index is 4.61. The van der Waals surface area contributed by atoms with Crippen LogP contribution in [0.1, 0.15) is 29.6 Å². The molecule has 0 aromatic carbocycles. The molecule has 3 nitrogen and oxygen atoms in total. The van der Waals surface area contributed by atoms with Crippen molar-refractivity contribution in [2.24, 2.45) is 0 Å². The van der Waals surface area contributed by atoms with E-state index in [2.05, 4.69) is 47.9 Å². The first-order valence-electron chi connectivity index (χ1n) is 6.28. The predicted molar refractivity (Wildman–Crippen MR) is 81.8 cm³/mol. The van der Waals surface area contributed by atoms with E-state index in [0.29, 0.717) is 6.04 Å². The lowest BCUT2D eigenvalue weighted by atomic mass is 10.2. The van der Waals surface area contributed by atoms with E-state index in [-0.39, 0.29) is 0 Å². The SMILES string of the molecule is CSCCC(C)NCc1c(C)nc2sc(C)cn12. The van der Waals surface area contributed by atoms with Crippen LogP contribution in [0.2, 0.25) is 0 Å². The Bertz CT molecular complexity index is 516. The normalized spacial score (nSPS) is 13.3. The molecular formula is C13H21N3S2. The van der Waals surface area contributed by atoms with Gasteiger partial charge in [-0.25, -0.2) is 4.98 Å². The monoisotopic (exact) mass is 283 g/mol. The molecule has 2 aromatic heterocycles. The van der Waals surface area contributed by atoms with E-state index in [0.717, 1.165) is 17.2 Å². The van der Waals surface area contributed by atoms with Crippen molar-refractivity contribution in [1.29, 1.82) is 0 Å². The van der Waals surface area contributed by atoms with Gasteiger partial charge in [-0.05, 0) is 39.2 Å². The number of imidazole rings is 1. The van der Waals surface area contributed by atoms with Crippen molar-refractivity contribution < 1.29 is 0 Å². The third-order valence-corrected chi connectivity index (χ3v) is 4.66. The lowest BCUT2D eigenvalue weighted by molar-refractivity contribution is 0.530. The molecule has 5 heteroatoms. The number of thioether (sulfide) groups is 1. The summed E-state index contributed by atoms with van der Waals surface area (Å²) in [6.45, 7) is 7.38. The molecule has 1 N–H and O–H groups in total. The highest BCUT2D eigenvalue weighted by Crippen LogP contribution is 2.20. The molecule has 2 heterocycles. The van der Waals surface area contributed by atoms with Gasteiger partial charge >= 0.3 is 0 Å². The van der Waals surface area contributed by atoms with Crippen LogP contribution in [0.3, 0.4) is 0 Å². The van der Waals surface area contributed by atoms with E-state index in [9.17, 15) is 0 Å². The van der Waals surface area contributed by atoms with Gasteiger partial charge < -0.3 is 5.32 Å². The summed E-state index contributed by atoms with van der Waals surface area (Å²) in [5.41, 5.74) is 2.44. The third-order valence-electron chi connectivity index (χ3n) is 3.11. The minimum atomic E-state index is 0.558. The van der Waals surface area contributed by atoms with Gasteiger partial charge in [-0.1, -0.05) is 0 Å². The number of thiazole rings is 1. The Morgan fingerprint density at radius 3 is 3.00 bits per heavy atom. The third kappa shape index (κ3) is 3.08. The van der Waals surface area contributed by atoms with E-state index in [1.54, 1.807) is 11.3 Å². The molecule has 2 rings (SSSR count). The Balaban J connectivity index is 2.04. The Labute approximate surface area is 117 Å². The van der Waals surface area contributed by atoms with Crippen LogP contribution >= 0.6 is 23.1 Å². The first kappa shape index (κ1) is 13.9. The fraction of sp³-hybridized carbons (Fsp3) is 0.615. The summed E-state index contributed by atoms with van der Waals surface area (Å²) in [6.07, 6.45) is 5.56. The average Bonchev–Trinajstić information content (AvgIpc) is 2.79. The first-order valence-corrected chi connectivity index (χ1v) is 8.49. The van der Waals surface area contributed by atoms with Gasteiger partial charge in [0, 0.05) is 23.7 Å². The van der Waals surface area contributed by atoms with Gasteiger partial charge in [0.2, 0.25) is 0 Å². The fourth-order valence-electron chi connectivity index (χ4n) is 1.99. The lowest BCUT2D eigenvalue weighted by Crippen LogP contribution is -2.26. The van der Waals surface area contributed by atoms with E-state index in [1.165, 1.54) is 22.7 Å². The second-order valence-corrected chi connectivity index (χ2v) is 6.90. The summed E-state index contributed by atoms with van der Waals surface area (Å²) in [6, 6.07) is 0.558. The van der Waals surface area contributed by atoms with Gasteiger partial charge in [0.05, 0.1) is 11.4 Å². The highest BCUT2D eigenvalue weighted by Gasteiger charge is 2.11. The van der Waals surface area contributed by atoms with E-state index < -0.39 is 0 Å². The average molecular weight is 283 g/mol. The van der Waals surface area contributed by atoms with Gasteiger partial charge in [-0.3, -0.25) is 4.40 Å². The largest absolute Gasteiger partial charge is 0.309 e. The van der Waals surface area contributed by atoms with Crippen LogP contribution in [0, 0.1) is 13.8 Å². The molecule has 0 aliphatic carbocycles. The van der Waals surface area contributed by atoms with Gasteiger partial charge in [0.25, 0.3) is 0 Å². The molecule has 100 valence electrons. The second-order valence-electron chi connectivity index (χ2n) is 4.70. The summed E-state index contributed by atoms with van der Waals surface area (Å²) in [4.78, 5) is 7.04. The van der Waals surface area contributed by atoms with Crippen LogP contribution in [-0.2, 0) is 6.54 Å². The molecule has 18 heavy (non-hydrogen) atoms. The summed E-state index contributed by atoms with van der Waals surface area (Å²) in [5, 5.41) is 3.59. The second kappa shape index (κ2) is 6.08. The first-order chi connectivity index (χ1) is 8.61. The smallest absolute Gasteiger partial charge is 0.194 e. The highest BCUT2D eigenvalue weighted by molar-refractivity contribution is 7.98. The Hall–Kier alpha value is -0.520. The number of nitrogens with one attached hydrogen (secondary N) is 1. The molecule has 0 saturated heterocycles. The van der Waals surface area contributed by atoms with Crippen molar-refractivity contribution in [1.82, 2.24) is 14.7 Å². The van der Waals surface area contributed by atoms with Gasteiger partial charge in [-0.2, -0.15) is 11.8 Å². The minimum absolute atomic E-state index is 0.558. The number of hydrogen-bond acceptors (Lipinski definition) is 4. The number of aromatic nitrogens is 2. The van der Waals surface area contributed by atoms with Crippen LogP contribution < -0.4 is 5.32 Å². The van der Waals surface area contributed by atoms with Crippen LogP contribution in [0.25, 0.3) is 4.96 Å². The van der Waals surface area contributed by atoms with Crippen LogP contribution in [-0.4, -0.2) is 27.4 Å². The predicted octanol–water partition coefficient (Wildman–Crippen LogP) is 3.24. The summed E-state index contributed by atoms with van der Waals surface area (Å²) in [7, 11) is 0. The molecule has 0 aliphatic heterocycles. The Morgan fingerprint density at radius 2 is 2.28 bits per heavy atom. The topological polar surface area (TPSA) is 29.3 Å². The van der Waals surface area contributed by atoms with Crippen molar-refractivity contribution in [3.63, 3.8) is 0 Å². The molecule has 1 unspecified atom stereocenters. The van der Waals surface area contributed by atoms with E-state index >= 15 is 0 Å². The molecule has 0 spiro atoms. The minimum Gasteiger partial charge on any atom is -0.309 e. The molecule has 0 fully saturated rings. The number of aryl methyl sites for hydroxylation is 2. The van der Waals surface area contributed by atoms with Crippen molar-refractivity contribution in [2.75, 3.05) is 12.0 Å². The number of fused-ring (bicyclic) bond motifs is 1. The molecule has 0 amide bonds. The van der Waals surface area contributed by atoms with Crippen molar-refractivity contribution in [3.05, 3.63) is 22.5 Å². The molecule has 0 bridgehead atoms. The van der Waals surface area contributed by atoms with Crippen LogP contribution in [0.4, 0.5) is 0 Å². The van der Waals surface area contributed by atoms with Gasteiger partial charge in [-0.15, -0.1) is 11.3 Å². The molecule has 0 aliphatic rings. The standard InChI is InChI=1S/C13H21N3S2/c1-9(5-6-17-4)14-7-12-11(3)15-13-16(12)8-10(2)18-13/h8-9,14H,5-7H2,1-4H3. The van der Waals surface area contributed by atoms with E-state index in [1.807, 2.05) is 11.8 Å². The molecule has 1 atom stereocenters.